The lowest BCUT2D eigenvalue weighted by molar-refractivity contribution is 0.0526. The van der Waals surface area contributed by atoms with Gasteiger partial charge in [-0.3, -0.25) is 4.98 Å². The zero-order valence-electron chi connectivity index (χ0n) is 9.66. The summed E-state index contributed by atoms with van der Waals surface area (Å²) in [4.78, 5) is 15.9. The van der Waals surface area contributed by atoms with Crippen molar-refractivity contribution in [2.45, 2.75) is 19.8 Å². The van der Waals surface area contributed by atoms with Crippen LogP contribution in [0, 0.1) is 0 Å². The lowest BCUT2D eigenvalue weighted by Gasteiger charge is -2.10. The quantitative estimate of drug-likeness (QED) is 0.759. The van der Waals surface area contributed by atoms with Gasteiger partial charge in [-0.05, 0) is 18.9 Å². The molecule has 0 N–H and O–H groups in total. The molecule has 0 atom stereocenters. The van der Waals surface area contributed by atoms with Crippen molar-refractivity contribution in [3.05, 3.63) is 28.0 Å². The van der Waals surface area contributed by atoms with Crippen LogP contribution < -0.4 is 0 Å². The topological polar surface area (TPSA) is 48.4 Å². The number of carbonyl (C=O) groups is 1. The van der Waals surface area contributed by atoms with Crippen molar-refractivity contribution < 1.29 is 14.3 Å². The number of aromatic nitrogens is 1. The van der Waals surface area contributed by atoms with Gasteiger partial charge in [0.1, 0.15) is 0 Å². The van der Waals surface area contributed by atoms with Crippen LogP contribution in [0.2, 0.25) is 5.02 Å². The summed E-state index contributed by atoms with van der Waals surface area (Å²) in [5.41, 5.74) is 2.17. The zero-order chi connectivity index (χ0) is 12.3. The van der Waals surface area contributed by atoms with Crippen molar-refractivity contribution in [1.82, 2.24) is 4.98 Å². The molecule has 0 saturated heterocycles. The SMILES string of the molecule is CCOC(=O)c1cnc2c(c1Cl)CCOCC2. The largest absolute Gasteiger partial charge is 0.462 e. The fourth-order valence-corrected chi connectivity index (χ4v) is 2.16. The van der Waals surface area contributed by atoms with Gasteiger partial charge in [-0.15, -0.1) is 0 Å². The van der Waals surface area contributed by atoms with Crippen molar-refractivity contribution >= 4 is 17.6 Å². The van der Waals surface area contributed by atoms with E-state index in [0.29, 0.717) is 36.8 Å². The van der Waals surface area contributed by atoms with E-state index in [2.05, 4.69) is 4.98 Å². The number of ether oxygens (including phenoxy) is 2. The van der Waals surface area contributed by atoms with E-state index in [-0.39, 0.29) is 0 Å². The van der Waals surface area contributed by atoms with Crippen LogP contribution >= 0.6 is 11.6 Å². The number of halogens is 1. The van der Waals surface area contributed by atoms with Crippen molar-refractivity contribution in [1.29, 1.82) is 0 Å². The van der Waals surface area contributed by atoms with Crippen LogP contribution in [-0.2, 0) is 22.3 Å². The lowest BCUT2D eigenvalue weighted by atomic mass is 10.1. The Bertz CT molecular complexity index is 434. The minimum atomic E-state index is -0.419. The summed E-state index contributed by atoms with van der Waals surface area (Å²) in [6.45, 7) is 3.35. The third-order valence-electron chi connectivity index (χ3n) is 2.67. The second-order valence-electron chi connectivity index (χ2n) is 3.74. The Kier molecular flexibility index (Phi) is 3.97. The van der Waals surface area contributed by atoms with E-state index in [1.807, 2.05) is 0 Å². The molecule has 1 aliphatic rings. The first kappa shape index (κ1) is 12.3. The van der Waals surface area contributed by atoms with E-state index >= 15 is 0 Å². The number of nitrogens with zero attached hydrogens (tertiary/aromatic N) is 1. The molecule has 0 radical (unpaired) electrons. The first-order valence-corrected chi connectivity index (χ1v) is 6.03. The third-order valence-corrected chi connectivity index (χ3v) is 3.11. The van der Waals surface area contributed by atoms with Crippen molar-refractivity contribution in [3.63, 3.8) is 0 Å². The molecule has 0 unspecified atom stereocenters. The Hall–Kier alpha value is -1.13. The molecule has 92 valence electrons. The molecule has 0 aliphatic carbocycles. The van der Waals surface area contributed by atoms with Crippen LogP contribution in [0.25, 0.3) is 0 Å². The highest BCUT2D eigenvalue weighted by Gasteiger charge is 2.20. The summed E-state index contributed by atoms with van der Waals surface area (Å²) in [5.74, 6) is -0.419. The molecular formula is C12H14ClNO3. The Morgan fingerprint density at radius 2 is 2.29 bits per heavy atom. The standard InChI is InChI=1S/C12H14ClNO3/c1-2-17-12(15)9-7-14-10-4-6-16-5-3-8(10)11(9)13/h7H,2-6H2,1H3. The number of hydrogen-bond acceptors (Lipinski definition) is 4. The summed E-state index contributed by atoms with van der Waals surface area (Å²) in [6, 6.07) is 0. The second-order valence-corrected chi connectivity index (χ2v) is 4.12. The fraction of sp³-hybridized carbons (Fsp3) is 0.500. The van der Waals surface area contributed by atoms with Gasteiger partial charge in [-0.25, -0.2) is 4.79 Å². The predicted octanol–water partition coefficient (Wildman–Crippen LogP) is 2.03. The van der Waals surface area contributed by atoms with E-state index in [1.165, 1.54) is 6.20 Å². The van der Waals surface area contributed by atoms with E-state index in [4.69, 9.17) is 21.1 Å². The van der Waals surface area contributed by atoms with E-state index < -0.39 is 5.97 Å². The molecule has 2 rings (SSSR count). The van der Waals surface area contributed by atoms with E-state index in [0.717, 1.165) is 17.7 Å². The maximum atomic E-state index is 11.7. The average Bonchev–Trinajstić information content (AvgIpc) is 2.55. The maximum absolute atomic E-state index is 11.7. The normalized spacial score (nSPS) is 14.9. The molecule has 0 aromatic carbocycles. The molecule has 1 aromatic heterocycles. The van der Waals surface area contributed by atoms with Gasteiger partial charge < -0.3 is 9.47 Å². The van der Waals surface area contributed by atoms with Gasteiger partial charge in [-0.1, -0.05) is 11.6 Å². The second kappa shape index (κ2) is 5.47. The molecule has 0 spiro atoms. The van der Waals surface area contributed by atoms with Crippen LogP contribution in [0.15, 0.2) is 6.20 Å². The Morgan fingerprint density at radius 1 is 1.53 bits per heavy atom. The monoisotopic (exact) mass is 255 g/mol. The van der Waals surface area contributed by atoms with Gasteiger partial charge >= 0.3 is 5.97 Å². The van der Waals surface area contributed by atoms with Gasteiger partial charge in [0, 0.05) is 18.3 Å². The summed E-state index contributed by atoms with van der Waals surface area (Å²) >= 11 is 6.23. The average molecular weight is 256 g/mol. The molecule has 0 bridgehead atoms. The summed E-state index contributed by atoms with van der Waals surface area (Å²) in [6.07, 6.45) is 2.91. The number of pyridine rings is 1. The minimum absolute atomic E-state index is 0.329. The zero-order valence-corrected chi connectivity index (χ0v) is 10.4. The first-order valence-electron chi connectivity index (χ1n) is 5.65. The number of hydrogen-bond donors (Lipinski definition) is 0. The van der Waals surface area contributed by atoms with Gasteiger partial charge in [-0.2, -0.15) is 0 Å². The van der Waals surface area contributed by atoms with Gasteiger partial charge in [0.2, 0.25) is 0 Å². The van der Waals surface area contributed by atoms with E-state index in [1.54, 1.807) is 6.92 Å². The third kappa shape index (κ3) is 2.58. The predicted molar refractivity (Wildman–Crippen MR) is 63.4 cm³/mol. The molecular weight excluding hydrogens is 242 g/mol. The Balaban J connectivity index is 2.37. The number of rotatable bonds is 2. The van der Waals surface area contributed by atoms with Gasteiger partial charge in [0.25, 0.3) is 0 Å². The van der Waals surface area contributed by atoms with Gasteiger partial charge in [0.05, 0.1) is 30.4 Å². The van der Waals surface area contributed by atoms with Crippen LogP contribution in [0.1, 0.15) is 28.5 Å². The Morgan fingerprint density at radius 3 is 3.06 bits per heavy atom. The highest BCUT2D eigenvalue weighted by molar-refractivity contribution is 6.34. The molecule has 1 aliphatic heterocycles. The number of fused-ring (bicyclic) bond motifs is 1. The van der Waals surface area contributed by atoms with E-state index in [9.17, 15) is 4.79 Å². The molecule has 2 heterocycles. The minimum Gasteiger partial charge on any atom is -0.462 e. The molecule has 1 aromatic rings. The first-order chi connectivity index (χ1) is 8.24. The van der Waals surface area contributed by atoms with Gasteiger partial charge in [0.15, 0.2) is 0 Å². The maximum Gasteiger partial charge on any atom is 0.341 e. The summed E-state index contributed by atoms with van der Waals surface area (Å²) < 4.78 is 10.3. The molecule has 5 heteroatoms. The highest BCUT2D eigenvalue weighted by atomic mass is 35.5. The molecule has 0 fully saturated rings. The smallest absolute Gasteiger partial charge is 0.341 e. The molecule has 0 amide bonds. The fourth-order valence-electron chi connectivity index (χ4n) is 1.83. The van der Waals surface area contributed by atoms with Crippen LogP contribution in [0.5, 0.6) is 0 Å². The van der Waals surface area contributed by atoms with Crippen molar-refractivity contribution in [2.75, 3.05) is 19.8 Å². The van der Waals surface area contributed by atoms with Crippen LogP contribution in [0.3, 0.4) is 0 Å². The van der Waals surface area contributed by atoms with Crippen LogP contribution in [0.4, 0.5) is 0 Å². The molecule has 4 nitrogen and oxygen atoms in total. The Labute approximate surface area is 105 Å². The van der Waals surface area contributed by atoms with Crippen molar-refractivity contribution in [2.24, 2.45) is 0 Å². The van der Waals surface area contributed by atoms with Crippen LogP contribution in [-0.4, -0.2) is 30.8 Å². The van der Waals surface area contributed by atoms with Crippen molar-refractivity contribution in [3.8, 4) is 0 Å². The summed E-state index contributed by atoms with van der Waals surface area (Å²) in [7, 11) is 0. The molecule has 0 saturated carbocycles. The summed E-state index contributed by atoms with van der Waals surface area (Å²) in [5, 5.41) is 0.457. The molecule has 17 heavy (non-hydrogen) atoms. The lowest BCUT2D eigenvalue weighted by Crippen LogP contribution is -2.09. The number of carbonyl (C=O) groups excluding carboxylic acids is 1. The highest BCUT2D eigenvalue weighted by Crippen LogP contribution is 2.26. The number of esters is 1.